The average molecular weight is 936 g/mol. The van der Waals surface area contributed by atoms with Crippen LogP contribution >= 0.6 is 0 Å². The summed E-state index contributed by atoms with van der Waals surface area (Å²) < 4.78 is 11.3. The van der Waals surface area contributed by atoms with Gasteiger partial charge in [0.2, 0.25) is 5.91 Å². The van der Waals surface area contributed by atoms with E-state index in [9.17, 15) is 30.3 Å². The third-order valence-corrected chi connectivity index (χ3v) is 13.8. The molecule has 0 aromatic carbocycles. The zero-order valence-electron chi connectivity index (χ0n) is 43.2. The van der Waals surface area contributed by atoms with Crippen molar-refractivity contribution in [2.24, 2.45) is 0 Å². The normalized spacial score (nSPS) is 19.9. The molecule has 66 heavy (non-hydrogen) atoms. The fourth-order valence-corrected chi connectivity index (χ4v) is 9.25. The van der Waals surface area contributed by atoms with Crippen LogP contribution in [0.5, 0.6) is 0 Å². The Morgan fingerprint density at radius 1 is 0.515 bits per heavy atom. The number of carbonyl (C=O) groups excluding carboxylic acids is 1. The second-order valence-electron chi connectivity index (χ2n) is 20.1. The minimum absolute atomic E-state index is 0.135. The summed E-state index contributed by atoms with van der Waals surface area (Å²) in [4.78, 5) is 13.0. The topological polar surface area (TPSA) is 149 Å². The molecule has 1 heterocycles. The molecular formula is C57H109NO8. The Hall–Kier alpha value is -1.33. The predicted molar refractivity (Wildman–Crippen MR) is 277 cm³/mol. The quantitative estimate of drug-likeness (QED) is 0.0261. The Labute approximate surface area is 407 Å². The smallest absolute Gasteiger partial charge is 0.220 e. The molecular weight excluding hydrogens is 827 g/mol. The molecule has 0 saturated carbocycles. The first-order valence-corrected chi connectivity index (χ1v) is 28.5. The molecule has 0 aliphatic carbocycles. The van der Waals surface area contributed by atoms with Crippen LogP contribution in [0.2, 0.25) is 0 Å². The molecule has 0 bridgehead atoms. The number of aliphatic hydroxyl groups is 5. The van der Waals surface area contributed by atoms with Crippen molar-refractivity contribution < 1.29 is 39.8 Å². The fraction of sp³-hybridized carbons (Fsp3) is 0.912. The van der Waals surface area contributed by atoms with Crippen LogP contribution in [0.3, 0.4) is 0 Å². The second kappa shape index (κ2) is 47.4. The number of hydrogen-bond acceptors (Lipinski definition) is 8. The molecule has 1 fully saturated rings. The van der Waals surface area contributed by atoms with E-state index in [0.29, 0.717) is 12.8 Å². The fourth-order valence-electron chi connectivity index (χ4n) is 9.25. The van der Waals surface area contributed by atoms with Gasteiger partial charge in [0, 0.05) is 6.42 Å². The van der Waals surface area contributed by atoms with Gasteiger partial charge >= 0.3 is 0 Å². The number of rotatable bonds is 49. The van der Waals surface area contributed by atoms with Crippen LogP contribution in [0.25, 0.3) is 0 Å². The van der Waals surface area contributed by atoms with Crippen LogP contribution in [-0.4, -0.2) is 87.5 Å². The van der Waals surface area contributed by atoms with Gasteiger partial charge in [0.15, 0.2) is 6.29 Å². The number of hydrogen-bond donors (Lipinski definition) is 6. The predicted octanol–water partition coefficient (Wildman–Crippen LogP) is 13.8. The number of amides is 1. The third-order valence-electron chi connectivity index (χ3n) is 13.8. The molecule has 7 atom stereocenters. The summed E-state index contributed by atoms with van der Waals surface area (Å²) in [6.45, 7) is 3.83. The Kier molecular flexibility index (Phi) is 45.0. The molecule has 7 unspecified atom stereocenters. The second-order valence-corrected chi connectivity index (χ2v) is 20.1. The SMILES string of the molecule is CCCCCCCCCCC/C=C\C/C=C\CCCCCCCCCCCCCCCCCCCC(=O)NC(COC1OC(CO)C(O)C(O)C1O)C(O)CCCCCCCCCCCC. The number of carbonyl (C=O) groups is 1. The minimum atomic E-state index is -1.55. The van der Waals surface area contributed by atoms with E-state index >= 15 is 0 Å². The van der Waals surface area contributed by atoms with Gasteiger partial charge in [0.05, 0.1) is 25.4 Å². The summed E-state index contributed by atoms with van der Waals surface area (Å²) in [5.74, 6) is -0.142. The molecule has 0 spiro atoms. The van der Waals surface area contributed by atoms with Crippen molar-refractivity contribution in [3.05, 3.63) is 24.3 Å². The molecule has 9 nitrogen and oxygen atoms in total. The number of allylic oxidation sites excluding steroid dienone is 4. The highest BCUT2D eigenvalue weighted by Crippen LogP contribution is 2.23. The maximum atomic E-state index is 13.0. The van der Waals surface area contributed by atoms with Crippen LogP contribution in [0, 0.1) is 0 Å². The lowest BCUT2D eigenvalue weighted by atomic mass is 9.99. The third kappa shape index (κ3) is 36.6. The van der Waals surface area contributed by atoms with E-state index in [4.69, 9.17) is 9.47 Å². The van der Waals surface area contributed by atoms with E-state index < -0.39 is 49.5 Å². The lowest BCUT2D eigenvalue weighted by Gasteiger charge is -2.40. The molecule has 9 heteroatoms. The number of unbranched alkanes of at least 4 members (excludes halogenated alkanes) is 35. The van der Waals surface area contributed by atoms with E-state index in [1.807, 2.05) is 0 Å². The van der Waals surface area contributed by atoms with Crippen LogP contribution in [0.1, 0.15) is 277 Å². The van der Waals surface area contributed by atoms with Gasteiger partial charge in [-0.25, -0.2) is 0 Å². The van der Waals surface area contributed by atoms with Gasteiger partial charge in [-0.15, -0.1) is 0 Å². The van der Waals surface area contributed by atoms with Crippen molar-refractivity contribution >= 4 is 5.91 Å². The first-order chi connectivity index (χ1) is 32.3. The Balaban J connectivity index is 2.07. The highest BCUT2D eigenvalue weighted by Gasteiger charge is 2.44. The summed E-state index contributed by atoms with van der Waals surface area (Å²) in [5.41, 5.74) is 0. The largest absolute Gasteiger partial charge is 0.394 e. The molecule has 6 N–H and O–H groups in total. The number of aliphatic hydroxyl groups excluding tert-OH is 5. The van der Waals surface area contributed by atoms with Crippen LogP contribution in [0.4, 0.5) is 0 Å². The summed E-state index contributed by atoms with van der Waals surface area (Å²) in [7, 11) is 0. The van der Waals surface area contributed by atoms with Crippen LogP contribution < -0.4 is 5.32 Å². The maximum Gasteiger partial charge on any atom is 0.220 e. The van der Waals surface area contributed by atoms with Gasteiger partial charge in [-0.1, -0.05) is 250 Å². The lowest BCUT2D eigenvalue weighted by molar-refractivity contribution is -0.302. The van der Waals surface area contributed by atoms with Crippen molar-refractivity contribution in [3.63, 3.8) is 0 Å². The van der Waals surface area contributed by atoms with Gasteiger partial charge in [-0.3, -0.25) is 4.79 Å². The van der Waals surface area contributed by atoms with Crippen molar-refractivity contribution in [3.8, 4) is 0 Å². The summed E-state index contributed by atoms with van der Waals surface area (Å²) in [6, 6.07) is -0.715. The highest BCUT2D eigenvalue weighted by molar-refractivity contribution is 5.76. The van der Waals surface area contributed by atoms with Gasteiger partial charge < -0.3 is 40.3 Å². The summed E-state index contributed by atoms with van der Waals surface area (Å²) in [5, 5.41) is 54.4. The molecule has 1 saturated heterocycles. The number of nitrogens with one attached hydrogen (secondary N) is 1. The van der Waals surface area contributed by atoms with Gasteiger partial charge in [-0.05, 0) is 44.9 Å². The van der Waals surface area contributed by atoms with Crippen molar-refractivity contribution in [2.45, 2.75) is 320 Å². The van der Waals surface area contributed by atoms with E-state index in [2.05, 4.69) is 43.5 Å². The van der Waals surface area contributed by atoms with E-state index in [1.54, 1.807) is 0 Å². The van der Waals surface area contributed by atoms with Crippen molar-refractivity contribution in [2.75, 3.05) is 13.2 Å². The van der Waals surface area contributed by atoms with Crippen molar-refractivity contribution in [1.82, 2.24) is 5.32 Å². The molecule has 0 radical (unpaired) electrons. The minimum Gasteiger partial charge on any atom is -0.394 e. The number of ether oxygens (including phenoxy) is 2. The van der Waals surface area contributed by atoms with Gasteiger partial charge in [-0.2, -0.15) is 0 Å². The molecule has 1 aliphatic rings. The molecule has 0 aromatic rings. The monoisotopic (exact) mass is 936 g/mol. The summed E-state index contributed by atoms with van der Waals surface area (Å²) >= 11 is 0. The standard InChI is InChI=1S/C57H109NO8/c1-3-5-7-9-11-13-15-16-17-18-19-20-21-22-23-24-25-26-27-28-29-30-31-32-33-34-35-36-37-39-41-43-45-47-53(61)58-50(49-65-57-56(64)55(63)54(62)52(48-59)66-57)51(60)46-44-42-40-38-14-12-10-8-6-4-2/h19-20,22-23,50-52,54-57,59-60,62-64H,3-18,21,24-49H2,1-2H3,(H,58,61)/b20-19-,23-22-. The van der Waals surface area contributed by atoms with Crippen molar-refractivity contribution in [1.29, 1.82) is 0 Å². The summed E-state index contributed by atoms with van der Waals surface area (Å²) in [6.07, 6.45) is 52.3. The molecule has 0 aromatic heterocycles. The zero-order chi connectivity index (χ0) is 48.0. The average Bonchev–Trinajstić information content (AvgIpc) is 3.32. The lowest BCUT2D eigenvalue weighted by Crippen LogP contribution is -2.60. The maximum absolute atomic E-state index is 13.0. The first kappa shape index (κ1) is 62.7. The zero-order valence-corrected chi connectivity index (χ0v) is 43.2. The van der Waals surface area contributed by atoms with E-state index in [1.165, 1.54) is 205 Å². The van der Waals surface area contributed by atoms with Crippen LogP contribution in [-0.2, 0) is 14.3 Å². The molecule has 1 rings (SSSR count). The molecule has 1 amide bonds. The Bertz CT molecular complexity index is 1090. The molecule has 390 valence electrons. The van der Waals surface area contributed by atoms with Gasteiger partial charge in [0.1, 0.15) is 24.4 Å². The van der Waals surface area contributed by atoms with E-state index in [0.717, 1.165) is 44.9 Å². The van der Waals surface area contributed by atoms with E-state index in [-0.39, 0.29) is 12.5 Å². The van der Waals surface area contributed by atoms with Gasteiger partial charge in [0.25, 0.3) is 0 Å². The Morgan fingerprint density at radius 3 is 1.30 bits per heavy atom. The highest BCUT2D eigenvalue weighted by atomic mass is 16.7. The molecule has 1 aliphatic heterocycles. The van der Waals surface area contributed by atoms with Crippen LogP contribution in [0.15, 0.2) is 24.3 Å². The first-order valence-electron chi connectivity index (χ1n) is 28.5. The Morgan fingerprint density at radius 2 is 0.894 bits per heavy atom.